The topological polar surface area (TPSA) is 77.2 Å². The summed E-state index contributed by atoms with van der Waals surface area (Å²) in [4.78, 5) is 15.1. The largest absolute Gasteiger partial charge is 0.462 e. The molecule has 15 heavy (non-hydrogen) atoms. The molecule has 1 aromatic rings. The van der Waals surface area contributed by atoms with Crippen molar-refractivity contribution in [3.8, 4) is 0 Å². The van der Waals surface area contributed by atoms with Crippen LogP contribution in [0.5, 0.6) is 0 Å². The number of carbonyl (C=O) groups is 1. The molecule has 0 bridgehead atoms. The first-order valence-electron chi connectivity index (χ1n) is 4.77. The van der Waals surface area contributed by atoms with E-state index in [1.807, 2.05) is 0 Å². The van der Waals surface area contributed by atoms with Crippen molar-refractivity contribution in [1.29, 1.82) is 0 Å². The van der Waals surface area contributed by atoms with E-state index in [0.717, 1.165) is 0 Å². The van der Waals surface area contributed by atoms with Gasteiger partial charge in [-0.15, -0.1) is 0 Å². The van der Waals surface area contributed by atoms with E-state index in [1.54, 1.807) is 20.8 Å². The molecule has 0 atom stereocenters. The third-order valence-corrected chi connectivity index (χ3v) is 1.48. The summed E-state index contributed by atoms with van der Waals surface area (Å²) >= 11 is 0. The lowest BCUT2D eigenvalue weighted by molar-refractivity contribution is -0.146. The van der Waals surface area contributed by atoms with Crippen LogP contribution in [0.1, 0.15) is 25.6 Å². The second kappa shape index (κ2) is 5.45. The van der Waals surface area contributed by atoms with Crippen molar-refractivity contribution < 1.29 is 14.1 Å². The fourth-order valence-electron chi connectivity index (χ4n) is 0.988. The van der Waals surface area contributed by atoms with Crippen LogP contribution < -0.4 is 5.32 Å². The first kappa shape index (κ1) is 11.6. The van der Waals surface area contributed by atoms with Gasteiger partial charge in [0.1, 0.15) is 0 Å². The Morgan fingerprint density at radius 3 is 2.87 bits per heavy atom. The minimum atomic E-state index is -0.291. The molecule has 0 spiro atoms. The normalized spacial score (nSPS) is 10.7. The highest BCUT2D eigenvalue weighted by Crippen LogP contribution is 1.94. The van der Waals surface area contributed by atoms with Crippen molar-refractivity contribution in [3.63, 3.8) is 0 Å². The molecule has 1 rings (SSSR count). The number of carbonyl (C=O) groups excluding carboxylic acids is 1. The summed E-state index contributed by atoms with van der Waals surface area (Å²) in [5.74, 6) is 0.752. The van der Waals surface area contributed by atoms with Crippen molar-refractivity contribution >= 4 is 5.97 Å². The molecule has 0 radical (unpaired) electrons. The number of esters is 1. The fraction of sp³-hybridized carbons (Fsp3) is 0.667. The van der Waals surface area contributed by atoms with Crippen molar-refractivity contribution in [3.05, 3.63) is 11.7 Å². The Bertz CT molecular complexity index is 322. The van der Waals surface area contributed by atoms with Gasteiger partial charge in [-0.1, -0.05) is 5.16 Å². The molecule has 0 saturated heterocycles. The molecular weight excluding hydrogens is 198 g/mol. The third-order valence-electron chi connectivity index (χ3n) is 1.48. The van der Waals surface area contributed by atoms with Gasteiger partial charge in [-0.05, 0) is 20.8 Å². The zero-order chi connectivity index (χ0) is 11.3. The Labute approximate surface area is 88.0 Å². The quantitative estimate of drug-likeness (QED) is 0.714. The molecule has 0 aromatic carbocycles. The van der Waals surface area contributed by atoms with Crippen molar-refractivity contribution in [2.24, 2.45) is 0 Å². The Morgan fingerprint density at radius 2 is 2.33 bits per heavy atom. The average molecular weight is 213 g/mol. The number of hydrogen-bond acceptors (Lipinski definition) is 6. The molecule has 0 saturated carbocycles. The second-order valence-corrected chi connectivity index (χ2v) is 3.38. The molecular formula is C9H15N3O3. The van der Waals surface area contributed by atoms with Crippen LogP contribution >= 0.6 is 0 Å². The average Bonchev–Trinajstić information content (AvgIpc) is 2.50. The molecule has 84 valence electrons. The summed E-state index contributed by atoms with van der Waals surface area (Å²) in [6.45, 7) is 5.85. The first-order valence-corrected chi connectivity index (χ1v) is 4.77. The zero-order valence-electron chi connectivity index (χ0n) is 9.11. The molecule has 0 aliphatic rings. The number of ether oxygens (including phenoxy) is 1. The summed E-state index contributed by atoms with van der Waals surface area (Å²) in [7, 11) is 0. The standard InChI is InChI=1S/C9H15N3O3/c1-6(2)14-9(13)5-10-4-8-11-7(3)12-15-8/h6,10H,4-5H2,1-3H3. The maximum absolute atomic E-state index is 11.1. The fourth-order valence-corrected chi connectivity index (χ4v) is 0.988. The lowest BCUT2D eigenvalue weighted by atomic mass is 10.5. The summed E-state index contributed by atoms with van der Waals surface area (Å²) in [6, 6.07) is 0. The predicted molar refractivity (Wildman–Crippen MR) is 52.0 cm³/mol. The van der Waals surface area contributed by atoms with Crippen LogP contribution in [-0.2, 0) is 16.1 Å². The highest BCUT2D eigenvalue weighted by atomic mass is 16.5. The molecule has 0 aliphatic heterocycles. The van der Waals surface area contributed by atoms with Gasteiger partial charge >= 0.3 is 5.97 Å². The number of aryl methyl sites for hydroxylation is 1. The molecule has 0 aliphatic carbocycles. The van der Waals surface area contributed by atoms with Crippen LogP contribution in [0.3, 0.4) is 0 Å². The Kier molecular flexibility index (Phi) is 4.23. The maximum atomic E-state index is 11.1. The number of aromatic nitrogens is 2. The van der Waals surface area contributed by atoms with Crippen LogP contribution in [0, 0.1) is 6.92 Å². The van der Waals surface area contributed by atoms with Gasteiger partial charge in [-0.2, -0.15) is 4.98 Å². The Morgan fingerprint density at radius 1 is 1.60 bits per heavy atom. The molecule has 1 aromatic heterocycles. The third kappa shape index (κ3) is 4.55. The minimum absolute atomic E-state index is 0.0926. The second-order valence-electron chi connectivity index (χ2n) is 3.38. The Balaban J connectivity index is 2.19. The van der Waals surface area contributed by atoms with Gasteiger partial charge in [0.05, 0.1) is 19.2 Å². The maximum Gasteiger partial charge on any atom is 0.320 e. The number of hydrogen-bond donors (Lipinski definition) is 1. The van der Waals surface area contributed by atoms with Crippen LogP contribution in [-0.4, -0.2) is 28.8 Å². The van der Waals surface area contributed by atoms with Gasteiger partial charge in [0, 0.05) is 0 Å². The molecule has 1 N–H and O–H groups in total. The lowest BCUT2D eigenvalue weighted by Gasteiger charge is -2.07. The minimum Gasteiger partial charge on any atom is -0.462 e. The molecule has 0 amide bonds. The van der Waals surface area contributed by atoms with Gasteiger partial charge in [0.15, 0.2) is 5.82 Å². The molecule has 6 heteroatoms. The lowest BCUT2D eigenvalue weighted by Crippen LogP contribution is -2.26. The monoisotopic (exact) mass is 213 g/mol. The summed E-state index contributed by atoms with van der Waals surface area (Å²) in [5.41, 5.74) is 0. The number of nitrogens with zero attached hydrogens (tertiary/aromatic N) is 2. The van der Waals surface area contributed by atoms with Gasteiger partial charge in [-0.25, -0.2) is 0 Å². The van der Waals surface area contributed by atoms with E-state index in [-0.39, 0.29) is 18.6 Å². The van der Waals surface area contributed by atoms with Crippen molar-refractivity contribution in [2.45, 2.75) is 33.4 Å². The zero-order valence-corrected chi connectivity index (χ0v) is 9.11. The molecule has 6 nitrogen and oxygen atoms in total. The van der Waals surface area contributed by atoms with E-state index in [2.05, 4.69) is 15.5 Å². The van der Waals surface area contributed by atoms with E-state index in [0.29, 0.717) is 18.3 Å². The summed E-state index contributed by atoms with van der Waals surface area (Å²) < 4.78 is 9.78. The summed E-state index contributed by atoms with van der Waals surface area (Å²) in [5, 5.41) is 6.47. The van der Waals surface area contributed by atoms with Crippen LogP contribution in [0.25, 0.3) is 0 Å². The van der Waals surface area contributed by atoms with E-state index >= 15 is 0 Å². The van der Waals surface area contributed by atoms with Gasteiger partial charge in [-0.3, -0.25) is 10.1 Å². The Hall–Kier alpha value is -1.43. The van der Waals surface area contributed by atoms with E-state index < -0.39 is 0 Å². The number of rotatable bonds is 5. The SMILES string of the molecule is Cc1noc(CNCC(=O)OC(C)C)n1. The molecule has 1 heterocycles. The molecule has 0 unspecified atom stereocenters. The van der Waals surface area contributed by atoms with E-state index in [9.17, 15) is 4.79 Å². The predicted octanol–water partition coefficient (Wildman–Crippen LogP) is 0.419. The summed E-state index contributed by atoms with van der Waals surface area (Å²) in [6.07, 6.45) is -0.0926. The van der Waals surface area contributed by atoms with Crippen molar-refractivity contribution in [2.75, 3.05) is 6.54 Å². The first-order chi connectivity index (χ1) is 7.08. The van der Waals surface area contributed by atoms with E-state index in [4.69, 9.17) is 9.26 Å². The number of nitrogens with one attached hydrogen (secondary N) is 1. The van der Waals surface area contributed by atoms with Crippen LogP contribution in [0.15, 0.2) is 4.52 Å². The molecule has 0 fully saturated rings. The smallest absolute Gasteiger partial charge is 0.320 e. The highest BCUT2D eigenvalue weighted by molar-refractivity contribution is 5.71. The van der Waals surface area contributed by atoms with E-state index in [1.165, 1.54) is 0 Å². The van der Waals surface area contributed by atoms with Crippen molar-refractivity contribution in [1.82, 2.24) is 15.5 Å². The van der Waals surface area contributed by atoms with Gasteiger partial charge in [0.2, 0.25) is 5.89 Å². The van der Waals surface area contributed by atoms with Crippen LogP contribution in [0.4, 0.5) is 0 Å². The van der Waals surface area contributed by atoms with Gasteiger partial charge < -0.3 is 9.26 Å². The highest BCUT2D eigenvalue weighted by Gasteiger charge is 2.06. The van der Waals surface area contributed by atoms with Gasteiger partial charge in [0.25, 0.3) is 0 Å². The van der Waals surface area contributed by atoms with Crippen LogP contribution in [0.2, 0.25) is 0 Å².